The number of amides is 1. The third kappa shape index (κ3) is 1.87. The van der Waals surface area contributed by atoms with Crippen molar-refractivity contribution in [3.8, 4) is 0 Å². The number of nitrogens with zero attached hydrogens (tertiary/aromatic N) is 1. The first-order chi connectivity index (χ1) is 6.57. The van der Waals surface area contributed by atoms with E-state index in [0.29, 0.717) is 0 Å². The Bertz CT molecular complexity index is 439. The zero-order valence-corrected chi connectivity index (χ0v) is 7.93. The lowest BCUT2D eigenvalue weighted by Crippen LogP contribution is -2.00. The summed E-state index contributed by atoms with van der Waals surface area (Å²) in [7, 11) is 0. The van der Waals surface area contributed by atoms with Crippen molar-refractivity contribution in [3.05, 3.63) is 34.1 Å². The lowest BCUT2D eigenvalue weighted by molar-refractivity contribution is 0.0999. The van der Waals surface area contributed by atoms with Crippen molar-refractivity contribution >= 4 is 23.6 Å². The van der Waals surface area contributed by atoms with Gasteiger partial charge in [0.1, 0.15) is 5.82 Å². The molecule has 0 bridgehead atoms. The summed E-state index contributed by atoms with van der Waals surface area (Å²) in [5.74, 6) is -1.72. The van der Waals surface area contributed by atoms with E-state index in [1.807, 2.05) is 0 Å². The molecule has 1 amide bonds. The highest BCUT2D eigenvalue weighted by Crippen LogP contribution is 2.21. The second kappa shape index (κ2) is 4.13. The molecule has 0 aliphatic rings. The molecular formula is C9H5ClFNO2. The summed E-state index contributed by atoms with van der Waals surface area (Å²) < 4.78 is 13.3. The van der Waals surface area contributed by atoms with Gasteiger partial charge in [-0.2, -0.15) is 0 Å². The fourth-order valence-corrected chi connectivity index (χ4v) is 1.07. The Morgan fingerprint density at radius 2 is 2.21 bits per heavy atom. The number of halogens is 2. The molecule has 0 aromatic heterocycles. The molecule has 5 heteroatoms. The van der Waals surface area contributed by atoms with Crippen LogP contribution in [0.5, 0.6) is 0 Å². The molecule has 3 nitrogen and oxygen atoms in total. The fourth-order valence-electron chi connectivity index (χ4n) is 0.928. The second-order valence-electron chi connectivity index (χ2n) is 2.54. The number of hydrogen-bond donors (Lipinski definition) is 0. The minimum atomic E-state index is -0.961. The number of isocyanates is 1. The van der Waals surface area contributed by atoms with E-state index in [9.17, 15) is 14.0 Å². The fraction of sp³-hybridized carbons (Fsp3) is 0.111. The minimum Gasteiger partial charge on any atom is -0.266 e. The third-order valence-corrected chi connectivity index (χ3v) is 2.11. The predicted octanol–water partition coefficient (Wildman–Crippen LogP) is 2.26. The van der Waals surface area contributed by atoms with Crippen LogP contribution in [0, 0.1) is 12.7 Å². The van der Waals surface area contributed by atoms with Crippen molar-refractivity contribution in [1.82, 2.24) is 0 Å². The molecule has 0 unspecified atom stereocenters. The van der Waals surface area contributed by atoms with Gasteiger partial charge in [-0.1, -0.05) is 11.6 Å². The van der Waals surface area contributed by atoms with Gasteiger partial charge in [-0.25, -0.2) is 9.18 Å². The molecule has 0 heterocycles. The first-order valence-electron chi connectivity index (χ1n) is 3.64. The average Bonchev–Trinajstić information content (AvgIpc) is 2.15. The Balaban J connectivity index is 3.31. The van der Waals surface area contributed by atoms with E-state index in [1.165, 1.54) is 19.1 Å². The summed E-state index contributed by atoms with van der Waals surface area (Å²) in [6.45, 7) is 1.43. The van der Waals surface area contributed by atoms with Gasteiger partial charge in [0.2, 0.25) is 6.08 Å². The third-order valence-electron chi connectivity index (χ3n) is 1.70. The molecule has 0 fully saturated rings. The molecular weight excluding hydrogens is 209 g/mol. The van der Waals surface area contributed by atoms with Crippen LogP contribution >= 0.6 is 11.6 Å². The van der Waals surface area contributed by atoms with Crippen molar-refractivity contribution in [2.24, 2.45) is 4.99 Å². The van der Waals surface area contributed by atoms with E-state index in [0.717, 1.165) is 6.08 Å². The Morgan fingerprint density at radius 1 is 1.57 bits per heavy atom. The highest BCUT2D eigenvalue weighted by Gasteiger charge is 2.14. The summed E-state index contributed by atoms with van der Waals surface area (Å²) in [6, 6.07) is 2.54. The number of hydrogen-bond acceptors (Lipinski definition) is 2. The van der Waals surface area contributed by atoms with E-state index >= 15 is 0 Å². The molecule has 0 spiro atoms. The van der Waals surface area contributed by atoms with Crippen molar-refractivity contribution in [2.75, 3.05) is 0 Å². The molecule has 1 aromatic rings. The van der Waals surface area contributed by atoms with Crippen LogP contribution in [0.4, 0.5) is 4.39 Å². The van der Waals surface area contributed by atoms with Gasteiger partial charge in [0.25, 0.3) is 5.91 Å². The molecule has 0 aliphatic heterocycles. The quantitative estimate of drug-likeness (QED) is 0.531. The number of carbonyl (C=O) groups is 1. The number of carbonyl (C=O) groups excluding carboxylic acids is 2. The van der Waals surface area contributed by atoms with E-state index in [2.05, 4.69) is 4.99 Å². The molecule has 14 heavy (non-hydrogen) atoms. The topological polar surface area (TPSA) is 46.5 Å². The number of benzene rings is 1. The van der Waals surface area contributed by atoms with Crippen molar-refractivity contribution in [3.63, 3.8) is 0 Å². The largest absolute Gasteiger partial charge is 0.290 e. The first-order valence-corrected chi connectivity index (χ1v) is 4.02. The maximum Gasteiger partial charge on any atom is 0.290 e. The summed E-state index contributed by atoms with van der Waals surface area (Å²) >= 11 is 5.61. The van der Waals surface area contributed by atoms with Gasteiger partial charge in [-0.3, -0.25) is 4.79 Å². The minimum absolute atomic E-state index is 0.151. The van der Waals surface area contributed by atoms with E-state index in [-0.39, 0.29) is 16.1 Å². The van der Waals surface area contributed by atoms with Gasteiger partial charge >= 0.3 is 0 Å². The molecule has 0 atom stereocenters. The lowest BCUT2D eigenvalue weighted by Gasteiger charge is -2.02. The zero-order valence-electron chi connectivity index (χ0n) is 7.17. The van der Waals surface area contributed by atoms with Gasteiger partial charge in [0.15, 0.2) is 0 Å². The molecule has 0 N–H and O–H groups in total. The molecule has 0 saturated carbocycles. The Morgan fingerprint density at radius 3 is 2.79 bits per heavy atom. The molecule has 0 saturated heterocycles. The Kier molecular flexibility index (Phi) is 3.12. The summed E-state index contributed by atoms with van der Waals surface area (Å²) in [5.41, 5.74) is -0.131. The zero-order chi connectivity index (χ0) is 10.7. The maximum absolute atomic E-state index is 13.3. The summed E-state index contributed by atoms with van der Waals surface area (Å²) in [4.78, 5) is 23.6. The average molecular weight is 214 g/mol. The summed E-state index contributed by atoms with van der Waals surface area (Å²) in [6.07, 6.45) is 1.05. The van der Waals surface area contributed by atoms with Crippen LogP contribution < -0.4 is 0 Å². The highest BCUT2D eigenvalue weighted by molar-refractivity contribution is 6.31. The lowest BCUT2D eigenvalue weighted by atomic mass is 10.1. The molecule has 1 rings (SSSR count). The van der Waals surface area contributed by atoms with Crippen LogP contribution in [0.3, 0.4) is 0 Å². The molecule has 0 aliphatic carbocycles. The molecule has 1 aromatic carbocycles. The number of aliphatic imine (C=N–C) groups is 1. The Hall–Kier alpha value is -1.51. The van der Waals surface area contributed by atoms with Crippen LogP contribution in [-0.2, 0) is 4.79 Å². The van der Waals surface area contributed by atoms with Gasteiger partial charge < -0.3 is 0 Å². The van der Waals surface area contributed by atoms with Crippen LogP contribution in [-0.4, -0.2) is 12.0 Å². The normalized spacial score (nSPS) is 9.36. The van der Waals surface area contributed by atoms with E-state index in [1.54, 1.807) is 0 Å². The monoisotopic (exact) mass is 213 g/mol. The first kappa shape index (κ1) is 10.6. The highest BCUT2D eigenvalue weighted by atomic mass is 35.5. The number of rotatable bonds is 1. The standard InChI is InChI=1S/C9H5ClFNO2/c1-5-7(10)3-2-6(8(5)11)9(14)12-4-13/h2-3H,1H3. The van der Waals surface area contributed by atoms with Gasteiger partial charge in [-0.15, -0.1) is 4.99 Å². The molecule has 0 radical (unpaired) electrons. The van der Waals surface area contributed by atoms with Crippen LogP contribution in [0.2, 0.25) is 5.02 Å². The predicted molar refractivity (Wildman–Crippen MR) is 48.6 cm³/mol. The SMILES string of the molecule is Cc1c(Cl)ccc(C(=O)N=C=O)c1F. The van der Waals surface area contributed by atoms with Crippen LogP contribution in [0.15, 0.2) is 17.1 Å². The second-order valence-corrected chi connectivity index (χ2v) is 2.95. The van der Waals surface area contributed by atoms with Crippen molar-refractivity contribution in [2.45, 2.75) is 6.92 Å². The maximum atomic E-state index is 13.3. The molecule has 72 valence electrons. The van der Waals surface area contributed by atoms with Gasteiger partial charge in [0, 0.05) is 10.6 Å². The van der Waals surface area contributed by atoms with Crippen LogP contribution in [0.1, 0.15) is 15.9 Å². The van der Waals surface area contributed by atoms with Crippen molar-refractivity contribution < 1.29 is 14.0 Å². The Labute approximate surface area is 84.2 Å². The summed E-state index contributed by atoms with van der Waals surface area (Å²) in [5, 5.41) is 0.217. The van der Waals surface area contributed by atoms with Crippen LogP contribution in [0.25, 0.3) is 0 Å². The van der Waals surface area contributed by atoms with E-state index < -0.39 is 11.7 Å². The van der Waals surface area contributed by atoms with Gasteiger partial charge in [-0.05, 0) is 19.1 Å². The van der Waals surface area contributed by atoms with Gasteiger partial charge in [0.05, 0.1) is 5.56 Å². The van der Waals surface area contributed by atoms with E-state index in [4.69, 9.17) is 11.6 Å². The smallest absolute Gasteiger partial charge is 0.266 e. The van der Waals surface area contributed by atoms with Crippen molar-refractivity contribution in [1.29, 1.82) is 0 Å².